The molecular weight excluding hydrogens is 432 g/mol. The maximum atomic E-state index is 12.9. The van der Waals surface area contributed by atoms with E-state index in [1.807, 2.05) is 0 Å². The quantitative estimate of drug-likeness (QED) is 0.633. The molecule has 10 heteroatoms. The summed E-state index contributed by atoms with van der Waals surface area (Å²) < 4.78 is 32.0. The van der Waals surface area contributed by atoms with Gasteiger partial charge in [-0.3, -0.25) is 9.59 Å². The Morgan fingerprint density at radius 2 is 1.70 bits per heavy atom. The summed E-state index contributed by atoms with van der Waals surface area (Å²) in [6, 6.07) is 8.71. The van der Waals surface area contributed by atoms with Crippen molar-refractivity contribution in [2.24, 2.45) is 0 Å². The second kappa shape index (κ2) is 9.92. The second-order valence-corrected chi connectivity index (χ2v) is 8.86. The lowest BCUT2D eigenvalue weighted by molar-refractivity contribution is -0.129. The molecule has 0 heterocycles. The molecule has 2 amide bonds. The van der Waals surface area contributed by atoms with E-state index < -0.39 is 35.7 Å². The fraction of sp³-hybridized carbons (Fsp3) is 0.300. The second-order valence-electron chi connectivity index (χ2n) is 6.56. The Kier molecular flexibility index (Phi) is 7.83. The van der Waals surface area contributed by atoms with E-state index >= 15 is 0 Å². The van der Waals surface area contributed by atoms with Crippen LogP contribution in [0.3, 0.4) is 0 Å². The number of aryl methyl sites for hydroxylation is 2. The summed E-state index contributed by atoms with van der Waals surface area (Å²) in [5.74, 6) is -0.690. The van der Waals surface area contributed by atoms with Gasteiger partial charge in [0.1, 0.15) is 5.75 Å². The van der Waals surface area contributed by atoms with Gasteiger partial charge in [0.25, 0.3) is 15.9 Å². The SMILES string of the molecule is CC(=O)Nc1ccc(S(=O)(=O)N(CCO)C(=O)COc2c(C)cc(Cl)cc2C)cc1. The number of nitrogens with one attached hydrogen (secondary N) is 1. The minimum Gasteiger partial charge on any atom is -0.483 e. The molecule has 30 heavy (non-hydrogen) atoms. The van der Waals surface area contributed by atoms with Crippen LogP contribution in [0.2, 0.25) is 5.02 Å². The highest BCUT2D eigenvalue weighted by molar-refractivity contribution is 7.89. The van der Waals surface area contributed by atoms with Crippen molar-refractivity contribution in [3.63, 3.8) is 0 Å². The highest BCUT2D eigenvalue weighted by Gasteiger charge is 2.29. The minimum atomic E-state index is -4.23. The molecular formula is C20H23ClN2O6S. The molecule has 0 fully saturated rings. The van der Waals surface area contributed by atoms with Gasteiger partial charge in [0, 0.05) is 17.6 Å². The first-order chi connectivity index (χ1) is 14.1. The van der Waals surface area contributed by atoms with E-state index in [0.717, 1.165) is 0 Å². The summed E-state index contributed by atoms with van der Waals surface area (Å²) in [6.45, 7) is 3.35. The Labute approximate surface area is 180 Å². The number of carbonyl (C=O) groups is 2. The Morgan fingerprint density at radius 1 is 1.13 bits per heavy atom. The van der Waals surface area contributed by atoms with Crippen LogP contribution in [-0.4, -0.2) is 49.4 Å². The molecule has 0 saturated carbocycles. The fourth-order valence-electron chi connectivity index (χ4n) is 2.84. The van der Waals surface area contributed by atoms with E-state index in [0.29, 0.717) is 31.9 Å². The van der Waals surface area contributed by atoms with E-state index in [4.69, 9.17) is 16.3 Å². The number of hydrogen-bond donors (Lipinski definition) is 2. The Hall–Kier alpha value is -2.62. The molecule has 0 atom stereocenters. The predicted molar refractivity (Wildman–Crippen MR) is 113 cm³/mol. The fourth-order valence-corrected chi connectivity index (χ4v) is 4.55. The number of nitrogens with zero attached hydrogens (tertiary/aromatic N) is 1. The van der Waals surface area contributed by atoms with Gasteiger partial charge in [-0.1, -0.05) is 11.6 Å². The molecule has 2 rings (SSSR count). The van der Waals surface area contributed by atoms with Crippen LogP contribution >= 0.6 is 11.6 Å². The lowest BCUT2D eigenvalue weighted by atomic mass is 10.1. The number of aliphatic hydroxyl groups excluding tert-OH is 1. The van der Waals surface area contributed by atoms with Gasteiger partial charge in [-0.25, -0.2) is 12.7 Å². The molecule has 0 unspecified atom stereocenters. The topological polar surface area (TPSA) is 113 Å². The number of ether oxygens (including phenoxy) is 1. The molecule has 8 nitrogen and oxygen atoms in total. The summed E-state index contributed by atoms with van der Waals surface area (Å²) in [7, 11) is -4.23. The molecule has 0 saturated heterocycles. The first-order valence-corrected chi connectivity index (χ1v) is 10.8. The van der Waals surface area contributed by atoms with E-state index in [1.54, 1.807) is 26.0 Å². The van der Waals surface area contributed by atoms with Crippen LogP contribution in [0.5, 0.6) is 5.75 Å². The first-order valence-electron chi connectivity index (χ1n) is 9.00. The highest BCUT2D eigenvalue weighted by atomic mass is 35.5. The molecule has 0 aliphatic carbocycles. The third-order valence-corrected chi connectivity index (χ3v) is 6.16. The number of anilines is 1. The highest BCUT2D eigenvalue weighted by Crippen LogP contribution is 2.27. The molecule has 0 aliphatic rings. The maximum Gasteiger partial charge on any atom is 0.274 e. The largest absolute Gasteiger partial charge is 0.483 e. The van der Waals surface area contributed by atoms with Gasteiger partial charge < -0.3 is 15.2 Å². The van der Waals surface area contributed by atoms with Gasteiger partial charge >= 0.3 is 0 Å². The van der Waals surface area contributed by atoms with Crippen LogP contribution in [0.4, 0.5) is 5.69 Å². The number of rotatable bonds is 8. The van der Waals surface area contributed by atoms with Crippen molar-refractivity contribution < 1.29 is 27.9 Å². The molecule has 162 valence electrons. The lowest BCUT2D eigenvalue weighted by Crippen LogP contribution is -2.41. The van der Waals surface area contributed by atoms with Crippen LogP contribution in [0.15, 0.2) is 41.3 Å². The van der Waals surface area contributed by atoms with Crippen molar-refractivity contribution in [2.75, 3.05) is 25.1 Å². The monoisotopic (exact) mass is 454 g/mol. The molecule has 2 aromatic carbocycles. The van der Waals surface area contributed by atoms with Gasteiger partial charge in [-0.05, 0) is 61.4 Å². The predicted octanol–water partition coefficient (Wildman–Crippen LogP) is 2.50. The summed E-state index contributed by atoms with van der Waals surface area (Å²) in [6.07, 6.45) is 0. The average Bonchev–Trinajstić information content (AvgIpc) is 2.64. The van der Waals surface area contributed by atoms with Gasteiger partial charge in [-0.2, -0.15) is 0 Å². The number of aliphatic hydroxyl groups is 1. The molecule has 2 aromatic rings. The van der Waals surface area contributed by atoms with Crippen molar-refractivity contribution in [2.45, 2.75) is 25.7 Å². The molecule has 2 N–H and O–H groups in total. The van der Waals surface area contributed by atoms with Crippen molar-refractivity contribution in [3.05, 3.63) is 52.5 Å². The van der Waals surface area contributed by atoms with Crippen LogP contribution in [-0.2, 0) is 19.6 Å². The third-order valence-electron chi connectivity index (χ3n) is 4.11. The molecule has 0 radical (unpaired) electrons. The van der Waals surface area contributed by atoms with Crippen LogP contribution in [0.1, 0.15) is 18.1 Å². The zero-order valence-electron chi connectivity index (χ0n) is 16.8. The Morgan fingerprint density at radius 3 is 2.20 bits per heavy atom. The molecule has 0 bridgehead atoms. The molecule has 0 aromatic heterocycles. The number of benzene rings is 2. The van der Waals surface area contributed by atoms with Crippen LogP contribution in [0, 0.1) is 13.8 Å². The van der Waals surface area contributed by atoms with Crippen molar-refractivity contribution in [1.82, 2.24) is 4.31 Å². The number of sulfonamides is 1. The zero-order valence-corrected chi connectivity index (χ0v) is 18.4. The van der Waals surface area contributed by atoms with Crippen molar-refractivity contribution >= 4 is 39.1 Å². The van der Waals surface area contributed by atoms with Crippen LogP contribution < -0.4 is 10.1 Å². The standard InChI is InChI=1S/C20H23ClN2O6S/c1-13-10-16(21)11-14(2)20(13)29-12-19(26)23(8-9-24)30(27,28)18-6-4-17(5-7-18)22-15(3)25/h4-7,10-11,24H,8-9,12H2,1-3H3,(H,22,25). The van der Waals surface area contributed by atoms with Crippen molar-refractivity contribution in [1.29, 1.82) is 0 Å². The molecule has 0 aliphatic heterocycles. The number of hydrogen-bond acceptors (Lipinski definition) is 6. The Balaban J connectivity index is 2.22. The van der Waals surface area contributed by atoms with E-state index in [2.05, 4.69) is 5.32 Å². The molecule has 0 spiro atoms. The number of halogens is 1. The van der Waals surface area contributed by atoms with E-state index in [1.165, 1.54) is 31.2 Å². The van der Waals surface area contributed by atoms with Gasteiger partial charge in [0.05, 0.1) is 18.0 Å². The Bertz CT molecular complexity index is 1010. The van der Waals surface area contributed by atoms with Crippen LogP contribution in [0.25, 0.3) is 0 Å². The van der Waals surface area contributed by atoms with Crippen molar-refractivity contribution in [3.8, 4) is 5.75 Å². The summed E-state index contributed by atoms with van der Waals surface area (Å²) in [5.41, 5.74) is 1.83. The minimum absolute atomic E-state index is 0.155. The maximum absolute atomic E-state index is 12.9. The summed E-state index contributed by atoms with van der Waals surface area (Å²) >= 11 is 5.98. The lowest BCUT2D eigenvalue weighted by Gasteiger charge is -2.22. The van der Waals surface area contributed by atoms with Gasteiger partial charge in [-0.15, -0.1) is 0 Å². The third kappa shape index (κ3) is 5.71. The number of amides is 2. The van der Waals surface area contributed by atoms with E-state index in [9.17, 15) is 23.1 Å². The van der Waals surface area contributed by atoms with Gasteiger partial charge in [0.2, 0.25) is 5.91 Å². The smallest absolute Gasteiger partial charge is 0.274 e. The number of carbonyl (C=O) groups excluding carboxylic acids is 2. The normalized spacial score (nSPS) is 11.1. The van der Waals surface area contributed by atoms with E-state index in [-0.39, 0.29) is 10.8 Å². The average molecular weight is 455 g/mol. The summed E-state index contributed by atoms with van der Waals surface area (Å²) in [5, 5.41) is 12.3. The van der Waals surface area contributed by atoms with Gasteiger partial charge in [0.15, 0.2) is 6.61 Å². The summed E-state index contributed by atoms with van der Waals surface area (Å²) in [4.78, 5) is 23.6. The zero-order chi connectivity index (χ0) is 22.5. The first kappa shape index (κ1) is 23.7.